The van der Waals surface area contributed by atoms with E-state index in [0.29, 0.717) is 0 Å². The molecule has 0 spiro atoms. The molecule has 1 N–H and O–H groups in total. The standard InChI is InChI=1S/C14H22N2O/c17-14-9-4-5-11-16(14)12-6-10-15-13-7-2-1-3-8-13/h4-5,9,11,13,15H,1-3,6-8,10,12H2. The Hall–Kier alpha value is -1.09. The summed E-state index contributed by atoms with van der Waals surface area (Å²) in [5.41, 5.74) is 0.102. The van der Waals surface area contributed by atoms with Gasteiger partial charge in [0.25, 0.3) is 0 Å². The summed E-state index contributed by atoms with van der Waals surface area (Å²) >= 11 is 0. The van der Waals surface area contributed by atoms with E-state index in [2.05, 4.69) is 5.32 Å². The molecule has 0 bridgehead atoms. The number of hydrogen-bond acceptors (Lipinski definition) is 2. The summed E-state index contributed by atoms with van der Waals surface area (Å²) in [7, 11) is 0. The third-order valence-corrected chi connectivity index (χ3v) is 3.51. The van der Waals surface area contributed by atoms with Crippen molar-refractivity contribution in [3.63, 3.8) is 0 Å². The lowest BCUT2D eigenvalue weighted by atomic mass is 9.95. The molecule has 1 fully saturated rings. The van der Waals surface area contributed by atoms with E-state index in [1.165, 1.54) is 32.1 Å². The second-order valence-corrected chi connectivity index (χ2v) is 4.87. The summed E-state index contributed by atoms with van der Waals surface area (Å²) in [6, 6.07) is 6.04. The molecule has 17 heavy (non-hydrogen) atoms. The largest absolute Gasteiger partial charge is 0.315 e. The number of hydrogen-bond donors (Lipinski definition) is 1. The van der Waals surface area contributed by atoms with Crippen LogP contribution in [0.4, 0.5) is 0 Å². The van der Waals surface area contributed by atoms with Gasteiger partial charge in [0, 0.05) is 24.8 Å². The molecule has 0 atom stereocenters. The number of aromatic nitrogens is 1. The maximum Gasteiger partial charge on any atom is 0.250 e. The fourth-order valence-corrected chi connectivity index (χ4v) is 2.51. The number of pyridine rings is 1. The van der Waals surface area contributed by atoms with Crippen LogP contribution in [0, 0.1) is 0 Å². The number of nitrogens with one attached hydrogen (secondary N) is 1. The third kappa shape index (κ3) is 4.00. The highest BCUT2D eigenvalue weighted by molar-refractivity contribution is 4.93. The first-order valence-corrected chi connectivity index (χ1v) is 6.75. The van der Waals surface area contributed by atoms with Crippen LogP contribution in [-0.2, 0) is 6.54 Å². The lowest BCUT2D eigenvalue weighted by Gasteiger charge is -2.22. The highest BCUT2D eigenvalue weighted by Crippen LogP contribution is 2.17. The molecule has 0 amide bonds. The molecule has 1 heterocycles. The average Bonchev–Trinajstić information content (AvgIpc) is 2.38. The third-order valence-electron chi connectivity index (χ3n) is 3.51. The van der Waals surface area contributed by atoms with Crippen LogP contribution in [0.1, 0.15) is 38.5 Å². The lowest BCUT2D eigenvalue weighted by molar-refractivity contribution is 0.368. The molecule has 1 saturated carbocycles. The van der Waals surface area contributed by atoms with Crippen molar-refractivity contribution in [3.05, 3.63) is 34.7 Å². The Labute approximate surface area is 103 Å². The van der Waals surface area contributed by atoms with Crippen molar-refractivity contribution < 1.29 is 0 Å². The van der Waals surface area contributed by atoms with Crippen LogP contribution in [0.5, 0.6) is 0 Å². The maximum atomic E-state index is 11.5. The Bertz CT molecular complexity index is 380. The fraction of sp³-hybridized carbons (Fsp3) is 0.643. The summed E-state index contributed by atoms with van der Waals surface area (Å²) in [6.07, 6.45) is 9.68. The normalized spacial score (nSPS) is 17.2. The molecule has 1 aliphatic rings. The molecule has 0 saturated heterocycles. The van der Waals surface area contributed by atoms with Gasteiger partial charge in [-0.15, -0.1) is 0 Å². The highest BCUT2D eigenvalue weighted by atomic mass is 16.1. The predicted octanol–water partition coefficient (Wildman–Crippen LogP) is 2.16. The second-order valence-electron chi connectivity index (χ2n) is 4.87. The molecule has 0 aliphatic heterocycles. The zero-order valence-corrected chi connectivity index (χ0v) is 10.4. The number of rotatable bonds is 5. The molecule has 0 radical (unpaired) electrons. The van der Waals surface area contributed by atoms with Gasteiger partial charge in [-0.05, 0) is 31.9 Å². The van der Waals surface area contributed by atoms with Crippen LogP contribution in [0.25, 0.3) is 0 Å². The molecule has 94 valence electrons. The van der Waals surface area contributed by atoms with Crippen molar-refractivity contribution >= 4 is 0 Å². The molecular formula is C14H22N2O. The van der Waals surface area contributed by atoms with Gasteiger partial charge in [-0.1, -0.05) is 25.3 Å². The first-order chi connectivity index (χ1) is 8.36. The lowest BCUT2D eigenvalue weighted by Crippen LogP contribution is -2.32. The summed E-state index contributed by atoms with van der Waals surface area (Å²) in [5.74, 6) is 0. The average molecular weight is 234 g/mol. The van der Waals surface area contributed by atoms with Crippen molar-refractivity contribution in [2.24, 2.45) is 0 Å². The van der Waals surface area contributed by atoms with E-state index in [4.69, 9.17) is 0 Å². The van der Waals surface area contributed by atoms with Gasteiger partial charge < -0.3 is 9.88 Å². The van der Waals surface area contributed by atoms with Crippen LogP contribution in [0.2, 0.25) is 0 Å². The monoisotopic (exact) mass is 234 g/mol. The molecule has 0 unspecified atom stereocenters. The Morgan fingerprint density at radius 2 is 2.06 bits per heavy atom. The maximum absolute atomic E-state index is 11.5. The van der Waals surface area contributed by atoms with Crippen molar-refractivity contribution in [3.8, 4) is 0 Å². The molecular weight excluding hydrogens is 212 g/mol. The molecule has 1 aliphatic carbocycles. The Morgan fingerprint density at radius 1 is 1.24 bits per heavy atom. The minimum atomic E-state index is 0.102. The summed E-state index contributed by atoms with van der Waals surface area (Å²) in [5, 5.41) is 3.60. The van der Waals surface area contributed by atoms with E-state index in [1.807, 2.05) is 12.3 Å². The van der Waals surface area contributed by atoms with E-state index < -0.39 is 0 Å². The first-order valence-electron chi connectivity index (χ1n) is 6.75. The second kappa shape index (κ2) is 6.60. The van der Waals surface area contributed by atoms with Crippen LogP contribution in [-0.4, -0.2) is 17.2 Å². The van der Waals surface area contributed by atoms with E-state index in [-0.39, 0.29) is 5.56 Å². The summed E-state index contributed by atoms with van der Waals surface area (Å²) < 4.78 is 1.78. The van der Waals surface area contributed by atoms with Crippen molar-refractivity contribution in [2.45, 2.75) is 51.1 Å². The van der Waals surface area contributed by atoms with Gasteiger partial charge in [0.1, 0.15) is 0 Å². The topological polar surface area (TPSA) is 34.0 Å². The van der Waals surface area contributed by atoms with E-state index in [1.54, 1.807) is 16.7 Å². The number of aryl methyl sites for hydroxylation is 1. The van der Waals surface area contributed by atoms with Crippen LogP contribution < -0.4 is 10.9 Å². The van der Waals surface area contributed by atoms with Gasteiger partial charge >= 0.3 is 0 Å². The van der Waals surface area contributed by atoms with Crippen molar-refractivity contribution in [2.75, 3.05) is 6.54 Å². The minimum absolute atomic E-state index is 0.102. The zero-order valence-electron chi connectivity index (χ0n) is 10.4. The SMILES string of the molecule is O=c1ccccn1CCCNC1CCCCC1. The Balaban J connectivity index is 1.66. The van der Waals surface area contributed by atoms with E-state index in [0.717, 1.165) is 25.6 Å². The quantitative estimate of drug-likeness (QED) is 0.792. The van der Waals surface area contributed by atoms with Gasteiger partial charge in [-0.3, -0.25) is 4.79 Å². The predicted molar refractivity (Wildman–Crippen MR) is 70.2 cm³/mol. The molecule has 1 aromatic rings. The number of nitrogens with zero attached hydrogens (tertiary/aromatic N) is 1. The molecule has 0 aromatic carbocycles. The zero-order chi connectivity index (χ0) is 11.9. The van der Waals surface area contributed by atoms with Gasteiger partial charge in [0.05, 0.1) is 0 Å². The smallest absolute Gasteiger partial charge is 0.250 e. The Morgan fingerprint density at radius 3 is 2.82 bits per heavy atom. The van der Waals surface area contributed by atoms with Gasteiger partial charge in [0.15, 0.2) is 0 Å². The van der Waals surface area contributed by atoms with Gasteiger partial charge in [-0.25, -0.2) is 0 Å². The summed E-state index contributed by atoms with van der Waals surface area (Å²) in [6.45, 7) is 1.84. The molecule has 1 aromatic heterocycles. The van der Waals surface area contributed by atoms with E-state index in [9.17, 15) is 4.79 Å². The summed E-state index contributed by atoms with van der Waals surface area (Å²) in [4.78, 5) is 11.5. The van der Waals surface area contributed by atoms with Crippen molar-refractivity contribution in [1.82, 2.24) is 9.88 Å². The van der Waals surface area contributed by atoms with Crippen LogP contribution >= 0.6 is 0 Å². The minimum Gasteiger partial charge on any atom is -0.315 e. The Kier molecular flexibility index (Phi) is 4.80. The molecule has 3 nitrogen and oxygen atoms in total. The fourth-order valence-electron chi connectivity index (χ4n) is 2.51. The highest BCUT2D eigenvalue weighted by Gasteiger charge is 2.11. The van der Waals surface area contributed by atoms with Gasteiger partial charge in [-0.2, -0.15) is 0 Å². The van der Waals surface area contributed by atoms with Gasteiger partial charge in [0.2, 0.25) is 5.56 Å². The first kappa shape index (κ1) is 12.4. The van der Waals surface area contributed by atoms with Crippen LogP contribution in [0.15, 0.2) is 29.2 Å². The van der Waals surface area contributed by atoms with E-state index >= 15 is 0 Å². The van der Waals surface area contributed by atoms with Crippen molar-refractivity contribution in [1.29, 1.82) is 0 Å². The molecule has 2 rings (SSSR count). The van der Waals surface area contributed by atoms with Crippen LogP contribution in [0.3, 0.4) is 0 Å². The molecule has 3 heteroatoms.